The fraction of sp³-hybridized carbons (Fsp3) is 0.641. The number of hydrogen-bond acceptors (Lipinski definition) is 20. The van der Waals surface area contributed by atoms with Crippen molar-refractivity contribution < 1.29 is 121 Å². The van der Waals surface area contributed by atoms with Crippen LogP contribution in [0.2, 0.25) is 10.0 Å². The van der Waals surface area contributed by atoms with E-state index in [0.29, 0.717) is 71.6 Å². The number of benzene rings is 7. The molecule has 12 saturated heterocycles. The first-order valence-electron chi connectivity index (χ1n) is 51.5. The second-order valence-corrected chi connectivity index (χ2v) is 51.5. The summed E-state index contributed by atoms with van der Waals surface area (Å²) in [5.41, 5.74) is 10.3. The van der Waals surface area contributed by atoms with E-state index in [0.717, 1.165) is 143 Å². The first-order chi connectivity index (χ1) is 67.4. The van der Waals surface area contributed by atoms with Gasteiger partial charge in [0.2, 0.25) is 6.29 Å². The largest absolute Gasteiger partial charge is 0.496 e. The van der Waals surface area contributed by atoms with Gasteiger partial charge in [0.15, 0.2) is 46.7 Å². The second-order valence-electron chi connectivity index (χ2n) is 50.8. The molecule has 14 heterocycles. The van der Waals surface area contributed by atoms with Crippen molar-refractivity contribution in [2.45, 2.75) is 312 Å². The Kier molecular flexibility index (Phi) is 30.4. The van der Waals surface area contributed by atoms with Crippen molar-refractivity contribution in [1.29, 1.82) is 0 Å². The highest BCUT2D eigenvalue weighted by atomic mass is 35.5. The number of fused-ring (bicyclic) bond motifs is 3. The number of halogens is 8. The second kappa shape index (κ2) is 40.0. The van der Waals surface area contributed by atoms with Crippen LogP contribution < -0.4 is 37.9 Å². The number of para-hydroxylation sites is 2. The van der Waals surface area contributed by atoms with Crippen LogP contribution in [-0.4, -0.2) is 124 Å². The van der Waals surface area contributed by atoms with E-state index in [-0.39, 0.29) is 127 Å². The van der Waals surface area contributed by atoms with E-state index in [9.17, 15) is 26.3 Å². The number of rotatable bonds is 21. The van der Waals surface area contributed by atoms with Crippen LogP contribution in [0.15, 0.2) is 109 Å². The molecule has 14 unspecified atom stereocenters. The Morgan fingerprint density at radius 1 is 0.324 bits per heavy atom. The lowest BCUT2D eigenvalue weighted by molar-refractivity contribution is -0.353. The predicted octanol–water partition coefficient (Wildman–Crippen LogP) is 31.0. The molecule has 7 aromatic rings. The van der Waals surface area contributed by atoms with E-state index in [4.69, 9.17) is 118 Å². The molecule has 20 nitrogen and oxygen atoms in total. The van der Waals surface area contributed by atoms with E-state index in [1.54, 1.807) is 31.4 Å². The maximum Gasteiger partial charge on any atom is 0.415 e. The number of alkyl halides is 6. The normalized spacial score (nSPS) is 29.5. The molecular formula is C117H154Cl2F6O20. The smallest absolute Gasteiger partial charge is 0.415 e. The summed E-state index contributed by atoms with van der Waals surface area (Å²) in [6.07, 6.45) is -14.1. The Labute approximate surface area is 864 Å². The maximum absolute atomic E-state index is 13.0. The molecule has 14 aliphatic heterocycles. The van der Waals surface area contributed by atoms with Crippen LogP contribution >= 0.6 is 23.2 Å². The molecule has 7 aromatic carbocycles. The van der Waals surface area contributed by atoms with Crippen molar-refractivity contribution in [2.24, 2.45) is 76.8 Å². The van der Waals surface area contributed by atoms with Gasteiger partial charge in [0.1, 0.15) is 23.0 Å². The van der Waals surface area contributed by atoms with Gasteiger partial charge in [-0.05, 0) is 66.3 Å². The first-order valence-corrected chi connectivity index (χ1v) is 52.3. The summed E-state index contributed by atoms with van der Waals surface area (Å²) in [7, 11) is 1.72. The Balaban J connectivity index is 0.000000125. The molecule has 145 heavy (non-hydrogen) atoms. The minimum Gasteiger partial charge on any atom is -0.496 e. The molecule has 0 aliphatic carbocycles. The highest BCUT2D eigenvalue weighted by molar-refractivity contribution is 6.37. The van der Waals surface area contributed by atoms with Gasteiger partial charge in [-0.15, -0.1) is 0 Å². The summed E-state index contributed by atoms with van der Waals surface area (Å²) >= 11 is 13.7. The molecular weight excluding hydrogens is 1910 g/mol. The zero-order valence-corrected chi connectivity index (χ0v) is 92.1. The zero-order valence-electron chi connectivity index (χ0n) is 90.6. The summed E-state index contributed by atoms with van der Waals surface area (Å²) in [5.74, 6) is 8.40. The quantitative estimate of drug-likeness (QED) is 0.0618. The van der Waals surface area contributed by atoms with Crippen LogP contribution in [0.3, 0.4) is 0 Å². The first kappa shape index (κ1) is 110. The van der Waals surface area contributed by atoms with Gasteiger partial charge in [-0.2, -0.15) is 26.3 Å². The van der Waals surface area contributed by atoms with Crippen LogP contribution in [0.1, 0.15) is 348 Å². The number of ether oxygens (including phenoxy) is 20. The molecule has 798 valence electrons. The summed E-state index contributed by atoms with van der Waals surface area (Å²) in [5, 5.41) is 1.03. The average Bonchev–Trinajstić information content (AvgIpc) is 1.67. The lowest BCUT2D eigenvalue weighted by Crippen LogP contribution is -2.58. The van der Waals surface area contributed by atoms with Gasteiger partial charge in [-0.3, -0.25) is 0 Å². The topological polar surface area (TPSA) is 185 Å². The zero-order chi connectivity index (χ0) is 106. The molecule has 0 radical (unpaired) electrons. The maximum atomic E-state index is 13.0. The van der Waals surface area contributed by atoms with Crippen LogP contribution in [0, 0.1) is 76.8 Å². The molecule has 0 N–H and O–H groups in total. The number of hydrogen-bond donors (Lipinski definition) is 0. The Bertz CT molecular complexity index is 5570. The standard InChI is InChI=1S/C22H24O4.C21H32O4.C20H28Cl2O4.C20H28O4.C18H20F6O2.C16H22O2/c1-21(2)11-23-19(21)13-9-10-14(20-22(3,4)12-24-20)18-17(13)25-15-7-5-6-8-16(15)26-18;1-13(2)10-23-17-9-14(18-20(3,4)11-24-18)16(22-7)8-15(17)19-21(5,6)12-25-19;1-7-23-15-11(17-19(3,4)9-25-17)14(22)16(24-8-2)12(13(15)21)18-20(5,6)10-26-18;1-11(2)18-23-14-12(16-19(3,4)9-21-16)7-8-13(15(14)24-18)17-20(5,6)10-22-17;1-15(2)11(25-13(15)17(19,20)21)9-6-5-7-10(8-9)12-16(3,4)14(26-12)18(22,23)24;1-15(2)9-17-13(15)11-6-5-7-12(8-11)14-16(3,4)10-18-14/h5-10,19-20H,11-12H2,1-4H3;8-9,13,18-19H,10-12H2,1-7H3;17-18H,7-10H2,1-6H3;7-8,11,16-18H,9-10H2,1-6H3;5-8,11-14H,1-4H3;5-8,13-14H,9-10H2,1-4H3. The molecule has 14 atom stereocenters. The lowest BCUT2D eigenvalue weighted by atomic mass is 9.69. The summed E-state index contributed by atoms with van der Waals surface area (Å²) in [6, 6.07) is 35.7. The van der Waals surface area contributed by atoms with Crippen molar-refractivity contribution in [2.75, 3.05) is 93.0 Å². The van der Waals surface area contributed by atoms with Gasteiger partial charge in [0.25, 0.3) is 0 Å². The fourth-order valence-electron chi connectivity index (χ4n) is 22.1. The molecule has 21 rings (SSSR count). The van der Waals surface area contributed by atoms with E-state index < -0.39 is 47.6 Å². The number of methoxy groups -OCH3 is 1. The summed E-state index contributed by atoms with van der Waals surface area (Å²) in [6.45, 7) is 71.9. The van der Waals surface area contributed by atoms with E-state index in [1.165, 1.54) is 38.8 Å². The molecule has 12 fully saturated rings. The van der Waals surface area contributed by atoms with E-state index in [2.05, 4.69) is 227 Å². The van der Waals surface area contributed by atoms with Crippen LogP contribution in [0.5, 0.6) is 57.5 Å². The highest BCUT2D eigenvalue weighted by Gasteiger charge is 2.65. The van der Waals surface area contributed by atoms with Crippen molar-refractivity contribution in [3.05, 3.63) is 186 Å². The minimum atomic E-state index is -4.46. The van der Waals surface area contributed by atoms with Gasteiger partial charge in [0.05, 0.1) is 176 Å². The molecule has 28 heteroatoms. The minimum absolute atomic E-state index is 0.00878. The summed E-state index contributed by atoms with van der Waals surface area (Å²) < 4.78 is 195. The van der Waals surface area contributed by atoms with Crippen LogP contribution in [0.25, 0.3) is 0 Å². The Hall–Kier alpha value is -7.38. The summed E-state index contributed by atoms with van der Waals surface area (Å²) in [4.78, 5) is 0. The predicted molar refractivity (Wildman–Crippen MR) is 544 cm³/mol. The highest BCUT2D eigenvalue weighted by Crippen LogP contribution is 2.67. The average molecular weight is 2070 g/mol. The Morgan fingerprint density at radius 3 is 0.834 bits per heavy atom. The third-order valence-corrected chi connectivity index (χ3v) is 31.7. The van der Waals surface area contributed by atoms with E-state index >= 15 is 0 Å². The third-order valence-electron chi connectivity index (χ3n) is 30.9. The van der Waals surface area contributed by atoms with Crippen molar-refractivity contribution in [3.63, 3.8) is 0 Å². The van der Waals surface area contributed by atoms with Crippen molar-refractivity contribution >= 4 is 23.2 Å². The van der Waals surface area contributed by atoms with Gasteiger partial charge in [0, 0.05) is 115 Å². The third kappa shape index (κ3) is 21.1. The fourth-order valence-corrected chi connectivity index (χ4v) is 22.8. The monoisotopic (exact) mass is 2060 g/mol. The van der Waals surface area contributed by atoms with Gasteiger partial charge in [-0.25, -0.2) is 0 Å². The molecule has 0 amide bonds. The Morgan fingerprint density at radius 2 is 0.593 bits per heavy atom. The van der Waals surface area contributed by atoms with Gasteiger partial charge in [-0.1, -0.05) is 302 Å². The van der Waals surface area contributed by atoms with Crippen LogP contribution in [0.4, 0.5) is 26.3 Å². The van der Waals surface area contributed by atoms with Gasteiger partial charge >= 0.3 is 12.4 Å². The molecule has 0 saturated carbocycles. The van der Waals surface area contributed by atoms with Crippen LogP contribution in [-0.2, 0) is 56.8 Å². The molecule has 0 aromatic heterocycles. The lowest BCUT2D eigenvalue weighted by Gasteiger charge is -2.53. The molecule has 0 bridgehead atoms. The van der Waals surface area contributed by atoms with Crippen molar-refractivity contribution in [3.8, 4) is 57.5 Å². The molecule has 14 aliphatic rings. The van der Waals surface area contributed by atoms with Crippen molar-refractivity contribution in [1.82, 2.24) is 0 Å². The SMILES string of the molecule is CC(C)C1Oc2c(C3OCC3(C)C)ccc(C3OCC3(C)C)c2O1.CC1(C)C(c2cccc(C3OC(C(F)(F)F)C3(C)C)c2)OC1C(F)(F)F.CC1(C)COC1c1ccc(C2OCC2(C)C)c2c1Oc1ccccc1O2.CC1(C)COC1c1cccc(C2OCC2(C)C)c1.CCOc1c(Cl)c(C2OCC2(C)C)c(OCC)c(Cl)c1C1OCC1(C)C.COc1cc(C2OCC2(C)C)c(OCC(C)C)cc1C1OCC1(C)C. The van der Waals surface area contributed by atoms with E-state index in [1.807, 2.05) is 38.1 Å². The molecule has 0 spiro atoms. The van der Waals surface area contributed by atoms with Gasteiger partial charge < -0.3 is 94.7 Å².